The summed E-state index contributed by atoms with van der Waals surface area (Å²) in [7, 11) is 0. The lowest BCUT2D eigenvalue weighted by molar-refractivity contribution is 1.04. The lowest BCUT2D eigenvalue weighted by atomic mass is 10.4. The Kier molecular flexibility index (Phi) is 2.78. The van der Waals surface area contributed by atoms with Gasteiger partial charge in [-0.05, 0) is 30.5 Å². The number of aromatic amines is 1. The zero-order valence-corrected chi connectivity index (χ0v) is 9.04. The molecule has 0 unspecified atom stereocenters. The van der Waals surface area contributed by atoms with Crippen molar-refractivity contribution in [3.63, 3.8) is 0 Å². The highest BCUT2D eigenvalue weighted by atomic mass is 32.1. The predicted octanol–water partition coefficient (Wildman–Crippen LogP) is 2.31. The lowest BCUT2D eigenvalue weighted by Crippen LogP contribution is -2.08. The minimum Gasteiger partial charge on any atom is -0.307 e. The van der Waals surface area contributed by atoms with Crippen molar-refractivity contribution in [2.24, 2.45) is 0 Å². The first-order chi connectivity index (χ1) is 7.24. The van der Waals surface area contributed by atoms with E-state index in [2.05, 4.69) is 9.97 Å². The van der Waals surface area contributed by atoms with Crippen LogP contribution < -0.4 is 5.56 Å². The Morgan fingerprint density at radius 1 is 1.47 bits per heavy atom. The molecule has 76 valence electrons. The van der Waals surface area contributed by atoms with Crippen LogP contribution in [0.5, 0.6) is 0 Å². The summed E-state index contributed by atoms with van der Waals surface area (Å²) < 4.78 is 0. The summed E-state index contributed by atoms with van der Waals surface area (Å²) in [6.45, 7) is 1.80. The molecule has 0 aliphatic carbocycles. The van der Waals surface area contributed by atoms with Gasteiger partial charge in [0.05, 0.1) is 0 Å². The predicted molar refractivity (Wildman–Crippen MR) is 62.8 cm³/mol. The second-order valence-electron chi connectivity index (χ2n) is 3.12. The molecule has 1 N–H and O–H groups in total. The number of nitrogens with zero attached hydrogens (tertiary/aromatic N) is 1. The highest BCUT2D eigenvalue weighted by molar-refractivity contribution is 7.10. The van der Waals surface area contributed by atoms with Crippen LogP contribution in [0, 0.1) is 6.92 Å². The van der Waals surface area contributed by atoms with E-state index in [4.69, 9.17) is 0 Å². The fourth-order valence-electron chi connectivity index (χ4n) is 1.23. The van der Waals surface area contributed by atoms with Gasteiger partial charge >= 0.3 is 0 Å². The lowest BCUT2D eigenvalue weighted by Gasteiger charge is -1.94. The molecule has 4 heteroatoms. The standard InChI is InChI=1S/C11H10N2OS/c1-8-7-11(14)13-10(12-8)5-4-9-3-2-6-15-9/h2-7H,1H3,(H,12,13,14). The van der Waals surface area contributed by atoms with Gasteiger partial charge in [0, 0.05) is 16.6 Å². The maximum absolute atomic E-state index is 11.1. The molecule has 2 aromatic rings. The van der Waals surface area contributed by atoms with Gasteiger partial charge < -0.3 is 4.98 Å². The van der Waals surface area contributed by atoms with Crippen molar-refractivity contribution in [1.29, 1.82) is 0 Å². The van der Waals surface area contributed by atoms with Crippen LogP contribution in [-0.2, 0) is 0 Å². The summed E-state index contributed by atoms with van der Waals surface area (Å²) in [5.41, 5.74) is 0.609. The first kappa shape index (κ1) is 9.86. The normalized spacial score (nSPS) is 11.0. The van der Waals surface area contributed by atoms with Crippen LogP contribution in [-0.4, -0.2) is 9.97 Å². The number of hydrogen-bond donors (Lipinski definition) is 1. The molecule has 15 heavy (non-hydrogen) atoms. The van der Waals surface area contributed by atoms with Gasteiger partial charge in [0.15, 0.2) is 0 Å². The van der Waals surface area contributed by atoms with Gasteiger partial charge in [0.1, 0.15) is 5.82 Å². The monoisotopic (exact) mass is 218 g/mol. The van der Waals surface area contributed by atoms with Gasteiger partial charge in [-0.15, -0.1) is 11.3 Å². The van der Waals surface area contributed by atoms with Crippen molar-refractivity contribution < 1.29 is 0 Å². The molecule has 3 nitrogen and oxygen atoms in total. The molecule has 0 saturated heterocycles. The van der Waals surface area contributed by atoms with Crippen LogP contribution in [0.15, 0.2) is 28.4 Å². The van der Waals surface area contributed by atoms with Crippen LogP contribution in [0.2, 0.25) is 0 Å². The number of aromatic nitrogens is 2. The second kappa shape index (κ2) is 4.23. The second-order valence-corrected chi connectivity index (χ2v) is 4.10. The zero-order chi connectivity index (χ0) is 10.7. The molecule has 0 aliphatic heterocycles. The Hall–Kier alpha value is -1.68. The fraction of sp³-hybridized carbons (Fsp3) is 0.0909. The zero-order valence-electron chi connectivity index (χ0n) is 8.23. The molecule has 0 fully saturated rings. The van der Waals surface area contributed by atoms with Crippen molar-refractivity contribution in [3.8, 4) is 0 Å². The number of hydrogen-bond acceptors (Lipinski definition) is 3. The summed E-state index contributed by atoms with van der Waals surface area (Å²) >= 11 is 1.64. The Balaban J connectivity index is 2.28. The molecular formula is C11H10N2OS. The molecule has 0 aromatic carbocycles. The molecule has 0 spiro atoms. The number of rotatable bonds is 2. The molecule has 0 amide bonds. The Bertz CT molecular complexity index is 526. The first-order valence-corrected chi connectivity index (χ1v) is 5.41. The van der Waals surface area contributed by atoms with Gasteiger partial charge in [-0.2, -0.15) is 0 Å². The molecule has 0 saturated carbocycles. The molecule has 2 heterocycles. The topological polar surface area (TPSA) is 45.8 Å². The molecule has 0 radical (unpaired) electrons. The highest BCUT2D eigenvalue weighted by Gasteiger charge is 1.93. The van der Waals surface area contributed by atoms with Gasteiger partial charge in [-0.1, -0.05) is 6.07 Å². The van der Waals surface area contributed by atoms with Crippen molar-refractivity contribution >= 4 is 23.5 Å². The summed E-state index contributed by atoms with van der Waals surface area (Å²) in [4.78, 5) is 19.1. The first-order valence-electron chi connectivity index (χ1n) is 4.53. The van der Waals surface area contributed by atoms with E-state index in [1.807, 2.05) is 23.6 Å². The third-order valence-electron chi connectivity index (χ3n) is 1.84. The van der Waals surface area contributed by atoms with E-state index in [1.165, 1.54) is 6.07 Å². The number of H-pyrrole nitrogens is 1. The third kappa shape index (κ3) is 2.63. The van der Waals surface area contributed by atoms with Crippen LogP contribution in [0.3, 0.4) is 0 Å². The van der Waals surface area contributed by atoms with Gasteiger partial charge in [-0.3, -0.25) is 4.79 Å². The van der Waals surface area contributed by atoms with Crippen molar-refractivity contribution in [1.82, 2.24) is 9.97 Å². The van der Waals surface area contributed by atoms with Gasteiger partial charge in [0.2, 0.25) is 0 Å². The molecule has 0 bridgehead atoms. The van der Waals surface area contributed by atoms with Crippen LogP contribution in [0.4, 0.5) is 0 Å². The van der Waals surface area contributed by atoms with E-state index in [-0.39, 0.29) is 5.56 Å². The van der Waals surface area contributed by atoms with E-state index in [9.17, 15) is 4.79 Å². The molecule has 0 aliphatic rings. The fourth-order valence-corrected chi connectivity index (χ4v) is 1.85. The summed E-state index contributed by atoms with van der Waals surface area (Å²) in [6, 6.07) is 5.47. The Labute approximate surface area is 91.1 Å². The van der Waals surface area contributed by atoms with E-state index < -0.39 is 0 Å². The van der Waals surface area contributed by atoms with Gasteiger partial charge in [0.25, 0.3) is 5.56 Å². The Morgan fingerprint density at radius 2 is 2.33 bits per heavy atom. The average Bonchev–Trinajstić information content (AvgIpc) is 2.65. The van der Waals surface area contributed by atoms with E-state index in [0.29, 0.717) is 5.82 Å². The molecule has 2 aromatic heterocycles. The Morgan fingerprint density at radius 3 is 3.00 bits per heavy atom. The van der Waals surface area contributed by atoms with Gasteiger partial charge in [-0.25, -0.2) is 4.98 Å². The average molecular weight is 218 g/mol. The van der Waals surface area contributed by atoms with Crippen LogP contribution in [0.1, 0.15) is 16.4 Å². The molecule has 0 atom stereocenters. The quantitative estimate of drug-likeness (QED) is 0.840. The third-order valence-corrected chi connectivity index (χ3v) is 2.67. The van der Waals surface area contributed by atoms with E-state index >= 15 is 0 Å². The van der Waals surface area contributed by atoms with E-state index in [1.54, 1.807) is 24.3 Å². The SMILES string of the molecule is Cc1cc(=O)[nH]c(C=Cc2cccs2)n1. The summed E-state index contributed by atoms with van der Waals surface area (Å²) in [5, 5.41) is 2.01. The van der Waals surface area contributed by atoms with Crippen molar-refractivity contribution in [3.05, 3.63) is 50.3 Å². The number of nitrogens with one attached hydrogen (secondary N) is 1. The van der Waals surface area contributed by atoms with Crippen molar-refractivity contribution in [2.45, 2.75) is 6.92 Å². The van der Waals surface area contributed by atoms with Crippen molar-refractivity contribution in [2.75, 3.05) is 0 Å². The minimum atomic E-state index is -0.117. The smallest absolute Gasteiger partial charge is 0.251 e. The largest absolute Gasteiger partial charge is 0.307 e. The molecule has 2 rings (SSSR count). The minimum absolute atomic E-state index is 0.117. The maximum Gasteiger partial charge on any atom is 0.251 e. The maximum atomic E-state index is 11.1. The van der Waals surface area contributed by atoms with Crippen LogP contribution >= 0.6 is 11.3 Å². The van der Waals surface area contributed by atoms with E-state index in [0.717, 1.165) is 10.6 Å². The van der Waals surface area contributed by atoms with Crippen LogP contribution in [0.25, 0.3) is 12.2 Å². The number of thiophene rings is 1. The summed E-state index contributed by atoms with van der Waals surface area (Å²) in [5.74, 6) is 0.591. The summed E-state index contributed by atoms with van der Waals surface area (Å²) in [6.07, 6.45) is 3.74. The number of aryl methyl sites for hydroxylation is 1. The molecular weight excluding hydrogens is 208 g/mol. The highest BCUT2D eigenvalue weighted by Crippen LogP contribution is 2.11.